The lowest BCUT2D eigenvalue weighted by atomic mass is 9.80. The number of nitrogens with zero attached hydrogens (tertiary/aromatic N) is 15. The second kappa shape index (κ2) is 44.8. The number of aromatic nitrogens is 10. The summed E-state index contributed by atoms with van der Waals surface area (Å²) < 4.78 is 30.9. The third kappa shape index (κ3) is 21.5. The molecule has 6 aromatic carbocycles. The molecule has 25 rings (SSSR count). The number of phenols is 1. The van der Waals surface area contributed by atoms with Gasteiger partial charge in [0.25, 0.3) is 0 Å². The average Bonchev–Trinajstić information content (AvgIpc) is 1.65. The fraction of sp³-hybridized carbons (Fsp3) is 0.420. The van der Waals surface area contributed by atoms with E-state index in [1.807, 2.05) is 116 Å². The zero-order chi connectivity index (χ0) is 96.8. The summed E-state index contributed by atoms with van der Waals surface area (Å²) in [4.78, 5) is 137. The van der Waals surface area contributed by atoms with E-state index < -0.39 is 0 Å². The lowest BCUT2D eigenvalue weighted by molar-refractivity contribution is 0.0896. The molecule has 4 N–H and O–H groups in total. The molecule has 8 aliphatic heterocycles. The number of H-pyrrole nitrogens is 2. The zero-order valence-electron chi connectivity index (χ0n) is 80.6. The van der Waals surface area contributed by atoms with Crippen LogP contribution in [0.3, 0.4) is 0 Å². The molecule has 6 aliphatic carbocycles. The number of ketones is 6. The Morgan fingerprint density at radius 3 is 1.23 bits per heavy atom. The van der Waals surface area contributed by atoms with Gasteiger partial charge in [0.2, 0.25) is 0 Å². The van der Waals surface area contributed by atoms with Gasteiger partial charge in [0.15, 0.2) is 52.2 Å². The molecule has 30 heteroatoms. The maximum absolute atomic E-state index is 13.2. The summed E-state index contributed by atoms with van der Waals surface area (Å²) in [5, 5.41) is 12.8. The minimum atomic E-state index is -0.0133. The number of Topliss-reactive ketones (excluding diaryl/α,β-unsaturated/α-hetero) is 6. The van der Waals surface area contributed by atoms with Gasteiger partial charge in [-0.05, 0) is 210 Å². The summed E-state index contributed by atoms with van der Waals surface area (Å²) in [6, 6.07) is 36.1. The first-order valence-corrected chi connectivity index (χ1v) is 51.0. The Balaban J connectivity index is 0.000000107. The van der Waals surface area contributed by atoms with Crippen molar-refractivity contribution in [2.75, 3.05) is 87.5 Å². The molecule has 732 valence electrons. The Labute approximate surface area is 826 Å². The number of hydrogen-bond donors (Lipinski definition) is 4. The minimum absolute atomic E-state index is 0.0133. The molecule has 142 heavy (non-hydrogen) atoms. The van der Waals surface area contributed by atoms with Crippen molar-refractivity contribution in [2.45, 2.75) is 223 Å². The molecule has 30 nitrogen and oxygen atoms in total. The van der Waals surface area contributed by atoms with Crippen LogP contribution < -0.4 is 43.7 Å². The maximum atomic E-state index is 13.2. The third-order valence-electron chi connectivity index (χ3n) is 29.9. The summed E-state index contributed by atoms with van der Waals surface area (Å²) in [5.74, 6) is 11.1. The van der Waals surface area contributed by atoms with Gasteiger partial charge in [0.1, 0.15) is 104 Å². The van der Waals surface area contributed by atoms with Crippen LogP contribution in [0, 0.1) is 5.92 Å². The van der Waals surface area contributed by atoms with Gasteiger partial charge < -0.3 is 63.7 Å². The van der Waals surface area contributed by atoms with Crippen LogP contribution in [-0.4, -0.2) is 216 Å². The maximum Gasteiger partial charge on any atom is 0.189 e. The van der Waals surface area contributed by atoms with Crippen LogP contribution in [0.2, 0.25) is 0 Å². The number of hydrogen-bond acceptors (Lipinski definition) is 28. The Morgan fingerprint density at radius 1 is 0.380 bits per heavy atom. The predicted octanol–water partition coefficient (Wildman–Crippen LogP) is 17.4. The number of allylic oxidation sites excluding steroid dienone is 1. The van der Waals surface area contributed by atoms with E-state index in [0.717, 1.165) is 320 Å². The Hall–Kier alpha value is -14.1. The Kier molecular flexibility index (Phi) is 30.1. The van der Waals surface area contributed by atoms with E-state index in [4.69, 9.17) is 23.7 Å². The van der Waals surface area contributed by atoms with Crippen molar-refractivity contribution in [3.63, 3.8) is 0 Å². The highest BCUT2D eigenvalue weighted by atomic mass is 16.5. The number of aromatic hydroxyl groups is 1. The zero-order valence-corrected chi connectivity index (χ0v) is 80.6. The molecule has 0 bridgehead atoms. The number of nitrogens with one attached hydrogen (secondary N) is 3. The van der Waals surface area contributed by atoms with Crippen LogP contribution in [0.4, 0.5) is 34.9 Å². The van der Waals surface area contributed by atoms with Gasteiger partial charge in [-0.1, -0.05) is 72.8 Å². The van der Waals surface area contributed by atoms with Crippen molar-refractivity contribution in [1.82, 2.24) is 60.1 Å². The largest absolute Gasteiger partial charge is 0.508 e. The van der Waals surface area contributed by atoms with Gasteiger partial charge in [-0.3, -0.25) is 28.8 Å². The van der Waals surface area contributed by atoms with Gasteiger partial charge >= 0.3 is 0 Å². The van der Waals surface area contributed by atoms with Gasteiger partial charge in [-0.2, -0.15) is 0 Å². The van der Waals surface area contributed by atoms with Crippen molar-refractivity contribution in [3.8, 4) is 34.5 Å². The van der Waals surface area contributed by atoms with Crippen LogP contribution in [0.15, 0.2) is 174 Å². The fourth-order valence-electron chi connectivity index (χ4n) is 22.5. The number of phenolic OH excluding ortho intramolecular Hbond substituents is 1. The van der Waals surface area contributed by atoms with Crippen LogP contribution >= 0.6 is 0 Å². The summed E-state index contributed by atoms with van der Waals surface area (Å²) in [6.07, 6.45) is 46.8. The second-order valence-electron chi connectivity index (χ2n) is 38.8. The standard InChI is InChI=1S/C25H26N6O2.C25H24N6O2.C21H22N4O2.C16H21NO2.C15H19NO2.C10H10O2/c2*32-23-16(11-17-12-26-14-28-17)6-7-19-20(23)4-1-5-22(19)33-13-18-3-2-10-31(18)25-21-8-9-27-24(21)29-15-30-25;26-18-7-1-6-16-15(18)5-2-8-19(16)27-12-14-4-3-11-25(14)21-17-9-10-22-20(17)23-13-24-21;1-17-10-4-5-12(17)11-19-16-9-3-6-13-14(16)7-2-8-15(13)18;17-14-7-1-6-13-12(14)5-2-8-15(13)18-10-11-4-3-9-16-11;11-9-5-1-3-7-8(9)4-2-6-10(7)12/h1,4-5,9,12,14-16,18H,2-3,6-8,10-11,13H2,(H,26,28);1,4-5,9,11-12,14-15,18H,2-3,6-8,10,13H2,(H,26,28);2,5,8,10,13-14H,1,3-4,6-7,9,11-12H2;3,6,9,12H,2,4-5,7-8,10-11H2,1H3;2,5,8,11,16H,1,3-4,6-7,9-10H2;1,3,5,11H,2,4,6H2/b;16-11-;;;;/t16?,18-;18-;14-;12-;11-;/m11111./s1. The first-order valence-electron chi connectivity index (χ1n) is 51.0. The monoisotopic (exact) mass is 1910 g/mol. The molecular weight excluding hydrogens is 1790 g/mol. The van der Waals surface area contributed by atoms with E-state index >= 15 is 0 Å². The predicted molar refractivity (Wildman–Crippen MR) is 544 cm³/mol. The Morgan fingerprint density at radius 2 is 0.789 bits per heavy atom. The van der Waals surface area contributed by atoms with Crippen molar-refractivity contribution in [1.29, 1.82) is 0 Å². The number of aliphatic imine (C=N–C) groups is 3. The van der Waals surface area contributed by atoms with Crippen LogP contribution in [0.25, 0.3) is 6.08 Å². The van der Waals surface area contributed by atoms with E-state index in [9.17, 15) is 33.9 Å². The Bertz CT molecular complexity index is 6590. The second-order valence-corrected chi connectivity index (χ2v) is 38.8. The van der Waals surface area contributed by atoms with Crippen LogP contribution in [0.5, 0.6) is 34.5 Å². The number of likely N-dealkylation sites (N-methyl/N-ethyl adjacent to an activating group) is 1. The normalized spacial score (nSPS) is 21.0. The highest BCUT2D eigenvalue weighted by Crippen LogP contribution is 2.43. The number of benzene rings is 6. The number of imidazole rings is 2. The number of likely N-dealkylation sites (tertiary alicyclic amines) is 1. The SMILES string of the molecule is CN1CCC[C@@H]1COc1cccc2c1CCCC2=O.O=C1/C(=C\c2cnc[nH]2)CCc2c(OC[C@H]3CCCN3c3ncnc4c3CC=N4)cccc21.O=C1CCCc2c(O)cccc21.O=C1CCCc2c(OC[C@H]3CCCN3)cccc21.O=C1CCCc2c(OC[C@H]3CCCN3c3ncnc4c3CC=N4)cccc21.O=C1c2cccc(OC[C@H]3CCCN3c3ncnc4c3CC=N4)c2CCC1Cc1cnc[nH]1. The lowest BCUT2D eigenvalue weighted by Gasteiger charge is -2.28. The number of ether oxygens (including phenoxy) is 5. The quantitative estimate of drug-likeness (QED) is 0.0485. The topological polar surface area (TPSA) is 366 Å². The first kappa shape index (κ1) is 95.4. The molecule has 5 fully saturated rings. The molecule has 13 heterocycles. The number of carbonyl (C=O) groups is 6. The molecule has 11 aromatic rings. The molecule has 14 aliphatic rings. The number of carbonyl (C=O) groups excluding carboxylic acids is 6. The molecule has 6 atom stereocenters. The van der Waals surface area contributed by atoms with E-state index in [1.165, 1.54) is 32.2 Å². The van der Waals surface area contributed by atoms with Gasteiger partial charge in [0.05, 0.1) is 42.7 Å². The molecule has 5 aromatic heterocycles. The average molecular weight is 1910 g/mol. The first-order chi connectivity index (χ1) is 69.7. The van der Waals surface area contributed by atoms with E-state index in [1.54, 1.807) is 62.2 Å². The summed E-state index contributed by atoms with van der Waals surface area (Å²) in [5.41, 5.74) is 17.0. The summed E-state index contributed by atoms with van der Waals surface area (Å²) in [7, 11) is 2.16. The van der Waals surface area contributed by atoms with Crippen LogP contribution in [0.1, 0.15) is 252 Å². The van der Waals surface area contributed by atoms with Crippen molar-refractivity contribution < 1.29 is 57.6 Å². The number of rotatable bonds is 21. The van der Waals surface area contributed by atoms with Crippen LogP contribution in [-0.2, 0) is 64.2 Å². The van der Waals surface area contributed by atoms with E-state index in [2.05, 4.69) is 96.8 Å². The molecule has 0 saturated carbocycles. The molecule has 5 saturated heterocycles. The molecule has 1 unspecified atom stereocenters. The lowest BCUT2D eigenvalue weighted by Crippen LogP contribution is -2.35. The van der Waals surface area contributed by atoms with Crippen molar-refractivity contribution in [2.24, 2.45) is 20.9 Å². The molecule has 0 amide bonds. The highest BCUT2D eigenvalue weighted by molar-refractivity contribution is 6.13. The van der Waals surface area contributed by atoms with Gasteiger partial charge in [0, 0.05) is 202 Å². The van der Waals surface area contributed by atoms with Crippen molar-refractivity contribution >= 4 is 94.3 Å². The summed E-state index contributed by atoms with van der Waals surface area (Å²) in [6.45, 7) is 8.32. The number of anilines is 3. The van der Waals surface area contributed by atoms with Crippen molar-refractivity contribution in [3.05, 3.63) is 254 Å². The number of fused-ring (bicyclic) bond motifs is 9. The third-order valence-corrected chi connectivity index (χ3v) is 29.9. The molecule has 0 radical (unpaired) electrons. The fourth-order valence-corrected chi connectivity index (χ4v) is 22.5. The smallest absolute Gasteiger partial charge is 0.189 e. The molecule has 0 spiro atoms. The summed E-state index contributed by atoms with van der Waals surface area (Å²) >= 11 is 0. The number of aromatic amines is 2. The minimum Gasteiger partial charge on any atom is -0.508 e. The van der Waals surface area contributed by atoms with Gasteiger partial charge in [-0.15, -0.1) is 0 Å². The van der Waals surface area contributed by atoms with E-state index in [-0.39, 0.29) is 64.5 Å². The van der Waals surface area contributed by atoms with Gasteiger partial charge in [-0.25, -0.2) is 54.8 Å². The van der Waals surface area contributed by atoms with E-state index in [0.29, 0.717) is 82.6 Å². The highest BCUT2D eigenvalue weighted by Gasteiger charge is 2.38. The molecular formula is C112H122N18O12.